The molecule has 0 rings (SSSR count). The van der Waals surface area contributed by atoms with Crippen molar-refractivity contribution >= 4 is 7.48 Å². The van der Waals surface area contributed by atoms with Crippen molar-refractivity contribution in [3.8, 4) is 0 Å². The molecule has 0 aliphatic heterocycles. The lowest BCUT2D eigenvalue weighted by atomic mass is 9.83. The van der Waals surface area contributed by atoms with Gasteiger partial charge >= 0.3 is 0 Å². The highest BCUT2D eigenvalue weighted by Crippen LogP contribution is 2.13. The third-order valence-electron chi connectivity index (χ3n) is 1.37. The molecule has 1 unspecified atom stereocenters. The Morgan fingerprint density at radius 3 is 2.17 bits per heavy atom. The van der Waals surface area contributed by atoms with Crippen LogP contribution in [0.25, 0.3) is 0 Å². The quantitative estimate of drug-likeness (QED) is 0.641. The Kier molecular flexibility index (Phi) is 4.87. The smallest absolute Gasteiger partial charge is 0.295 e. The third kappa shape index (κ3) is 8.09. The summed E-state index contributed by atoms with van der Waals surface area (Å²) in [5.74, 6) is 0.439. The molecule has 1 radical (unpaired) electrons. The maximum atomic E-state index is 9.46. The lowest BCUT2D eigenvalue weighted by molar-refractivity contribution is 0.0328. The largest absolute Gasteiger partial charge is 0.438 e. The summed E-state index contributed by atoms with van der Waals surface area (Å²) in [6, 6.07) is 0. The number of rotatable bonds is 5. The Morgan fingerprint density at radius 1 is 1.33 bits per heavy atom. The van der Waals surface area contributed by atoms with Crippen molar-refractivity contribution in [1.82, 2.24) is 0 Å². The summed E-state index contributed by atoms with van der Waals surface area (Å²) in [7, 11) is 1.82. The van der Waals surface area contributed by atoms with Gasteiger partial charge in [0.05, 0.1) is 5.60 Å². The van der Waals surface area contributed by atoms with Gasteiger partial charge in [-0.3, -0.25) is 0 Å². The third-order valence-corrected chi connectivity index (χ3v) is 1.37. The predicted octanol–water partition coefficient (Wildman–Crippen LogP) is 2.00. The maximum Gasteiger partial charge on any atom is 0.295 e. The van der Waals surface area contributed by atoms with Crippen LogP contribution in [0.3, 0.4) is 0 Å². The average molecular weight is 171 g/mol. The van der Waals surface area contributed by atoms with E-state index in [1.165, 1.54) is 0 Å². The van der Waals surface area contributed by atoms with Crippen molar-refractivity contribution in [2.45, 2.75) is 58.6 Å². The van der Waals surface area contributed by atoms with Gasteiger partial charge < -0.3 is 9.76 Å². The molecule has 3 heteroatoms. The molecule has 0 amide bonds. The molecule has 71 valence electrons. The maximum absolute atomic E-state index is 9.46. The van der Waals surface area contributed by atoms with Crippen molar-refractivity contribution in [1.29, 1.82) is 0 Å². The normalized spacial score (nSPS) is 14.9. The Morgan fingerprint density at radius 2 is 1.83 bits per heavy atom. The van der Waals surface area contributed by atoms with E-state index in [-0.39, 0.29) is 6.10 Å². The second kappa shape index (κ2) is 4.88. The molecule has 0 saturated carbocycles. The molecule has 0 heterocycles. The zero-order chi connectivity index (χ0) is 9.78. The summed E-state index contributed by atoms with van der Waals surface area (Å²) in [6.45, 7) is 9.69. The van der Waals surface area contributed by atoms with Gasteiger partial charge in [-0.05, 0) is 33.0 Å². The summed E-state index contributed by atoms with van der Waals surface area (Å²) >= 11 is 0. The molecule has 12 heavy (non-hydrogen) atoms. The predicted molar refractivity (Wildman–Crippen MR) is 52.3 cm³/mol. The molecule has 1 N–H and O–H groups in total. The minimum Gasteiger partial charge on any atom is -0.438 e. The Labute approximate surface area is 76.6 Å². The minimum atomic E-state index is -0.635. The number of hydrogen-bond acceptors (Lipinski definition) is 2. The fourth-order valence-electron chi connectivity index (χ4n) is 1.04. The standard InChI is InChI=1S/C9H20BO2/c1-7(2)10-12-8(3)6-9(4,5)11/h7-8,11H,6H2,1-5H3. The van der Waals surface area contributed by atoms with Gasteiger partial charge in [0.1, 0.15) is 0 Å². The first-order valence-electron chi connectivity index (χ1n) is 4.52. The summed E-state index contributed by atoms with van der Waals surface area (Å²) in [6.07, 6.45) is 0.753. The molecule has 1 atom stereocenters. The zero-order valence-corrected chi connectivity index (χ0v) is 8.79. The molecular weight excluding hydrogens is 151 g/mol. The molecule has 0 aromatic carbocycles. The second-order valence-electron chi connectivity index (χ2n) is 4.34. The summed E-state index contributed by atoms with van der Waals surface area (Å²) < 4.78 is 5.39. The van der Waals surface area contributed by atoms with Gasteiger partial charge in [-0.2, -0.15) is 0 Å². The monoisotopic (exact) mass is 171 g/mol. The van der Waals surface area contributed by atoms with E-state index in [0.29, 0.717) is 12.2 Å². The van der Waals surface area contributed by atoms with E-state index in [2.05, 4.69) is 13.8 Å². The molecule has 2 nitrogen and oxygen atoms in total. The minimum absolute atomic E-state index is 0.0902. The van der Waals surface area contributed by atoms with E-state index in [9.17, 15) is 5.11 Å². The molecule has 0 saturated heterocycles. The highest BCUT2D eigenvalue weighted by Gasteiger charge is 2.17. The van der Waals surface area contributed by atoms with Gasteiger partial charge in [0, 0.05) is 6.10 Å². The van der Waals surface area contributed by atoms with E-state index in [1.54, 1.807) is 13.8 Å². The van der Waals surface area contributed by atoms with E-state index < -0.39 is 5.60 Å². The molecule has 0 aliphatic rings. The first kappa shape index (κ1) is 12.0. The molecule has 0 bridgehead atoms. The molecule has 0 fully saturated rings. The van der Waals surface area contributed by atoms with Crippen LogP contribution in [-0.2, 0) is 4.65 Å². The van der Waals surface area contributed by atoms with E-state index in [1.807, 2.05) is 14.4 Å². The van der Waals surface area contributed by atoms with Crippen LogP contribution in [0.15, 0.2) is 0 Å². The Balaban J connectivity index is 3.53. The summed E-state index contributed by atoms with van der Waals surface area (Å²) in [5.41, 5.74) is -0.635. The summed E-state index contributed by atoms with van der Waals surface area (Å²) in [5, 5.41) is 9.46. The molecular formula is C9H20BO2. The van der Waals surface area contributed by atoms with Crippen LogP contribution in [0.2, 0.25) is 5.82 Å². The second-order valence-corrected chi connectivity index (χ2v) is 4.34. The average Bonchev–Trinajstić information content (AvgIpc) is 1.79. The lowest BCUT2D eigenvalue weighted by Crippen LogP contribution is -2.27. The van der Waals surface area contributed by atoms with E-state index in [0.717, 1.165) is 0 Å². The molecule has 0 aromatic rings. The van der Waals surface area contributed by atoms with Gasteiger partial charge in [-0.1, -0.05) is 13.8 Å². The SMILES string of the molecule is CC(C)[B]OC(C)CC(C)(C)O. The van der Waals surface area contributed by atoms with Crippen molar-refractivity contribution < 1.29 is 9.76 Å². The molecule has 0 aromatic heterocycles. The van der Waals surface area contributed by atoms with E-state index >= 15 is 0 Å². The van der Waals surface area contributed by atoms with E-state index in [4.69, 9.17) is 4.65 Å². The topological polar surface area (TPSA) is 29.5 Å². The Hall–Kier alpha value is -0.0151. The van der Waals surface area contributed by atoms with Crippen LogP contribution < -0.4 is 0 Å². The van der Waals surface area contributed by atoms with Crippen LogP contribution >= 0.6 is 0 Å². The fourth-order valence-corrected chi connectivity index (χ4v) is 1.04. The van der Waals surface area contributed by atoms with Gasteiger partial charge in [0.2, 0.25) is 0 Å². The molecule has 0 spiro atoms. The van der Waals surface area contributed by atoms with Crippen molar-refractivity contribution in [3.63, 3.8) is 0 Å². The van der Waals surface area contributed by atoms with Crippen molar-refractivity contribution in [2.24, 2.45) is 0 Å². The summed E-state index contributed by atoms with van der Waals surface area (Å²) in [4.78, 5) is 0. The van der Waals surface area contributed by atoms with Crippen LogP contribution in [0.1, 0.15) is 41.0 Å². The van der Waals surface area contributed by atoms with Crippen molar-refractivity contribution in [2.75, 3.05) is 0 Å². The Bertz CT molecular complexity index is 118. The van der Waals surface area contributed by atoms with Gasteiger partial charge in [-0.15, -0.1) is 0 Å². The fraction of sp³-hybridized carbons (Fsp3) is 1.00. The number of hydrogen-bond donors (Lipinski definition) is 1. The lowest BCUT2D eigenvalue weighted by Gasteiger charge is -2.22. The van der Waals surface area contributed by atoms with Gasteiger partial charge in [-0.25, -0.2) is 0 Å². The highest BCUT2D eigenvalue weighted by molar-refractivity contribution is 6.29. The zero-order valence-electron chi connectivity index (χ0n) is 8.79. The number of aliphatic hydroxyl groups is 1. The van der Waals surface area contributed by atoms with Gasteiger partial charge in [0.25, 0.3) is 7.48 Å². The molecule has 0 aliphatic carbocycles. The first-order chi connectivity index (χ1) is 5.31. The van der Waals surface area contributed by atoms with Crippen LogP contribution in [0, 0.1) is 0 Å². The van der Waals surface area contributed by atoms with Crippen LogP contribution in [-0.4, -0.2) is 24.3 Å². The highest BCUT2D eigenvalue weighted by atomic mass is 16.4. The van der Waals surface area contributed by atoms with Crippen LogP contribution in [0.5, 0.6) is 0 Å². The first-order valence-corrected chi connectivity index (χ1v) is 4.52. The van der Waals surface area contributed by atoms with Crippen molar-refractivity contribution in [3.05, 3.63) is 0 Å². The van der Waals surface area contributed by atoms with Gasteiger partial charge in [0.15, 0.2) is 0 Å². The van der Waals surface area contributed by atoms with Crippen LogP contribution in [0.4, 0.5) is 0 Å².